The molecule has 3 rings (SSSR count). The number of benzene rings is 1. The van der Waals surface area contributed by atoms with E-state index in [2.05, 4.69) is 10.6 Å². The quantitative estimate of drug-likeness (QED) is 0.737. The molecule has 2 aliphatic heterocycles. The molecule has 3 amide bonds. The summed E-state index contributed by atoms with van der Waals surface area (Å²) < 4.78 is 0. The number of para-hydroxylation sites is 1. The fourth-order valence-electron chi connectivity index (χ4n) is 2.79. The number of nitrogens with one attached hydrogen (secondary N) is 2. The van der Waals surface area contributed by atoms with Crippen LogP contribution in [-0.2, 0) is 4.79 Å². The number of nitrogens with zero attached hydrogens (tertiary/aromatic N) is 2. The minimum atomic E-state index is -0.815. The Morgan fingerprint density at radius 1 is 1.20 bits per heavy atom. The lowest BCUT2D eigenvalue weighted by molar-refractivity contribution is -0.122. The van der Waals surface area contributed by atoms with Crippen molar-refractivity contribution in [3.05, 3.63) is 29.8 Å². The van der Waals surface area contributed by atoms with Crippen molar-refractivity contribution in [1.82, 2.24) is 10.6 Å². The van der Waals surface area contributed by atoms with Gasteiger partial charge in [0.25, 0.3) is 5.91 Å². The maximum Gasteiger partial charge on any atom is 0.329 e. The summed E-state index contributed by atoms with van der Waals surface area (Å²) in [7, 11) is 0. The topological polar surface area (TPSA) is 85.2 Å². The van der Waals surface area contributed by atoms with Gasteiger partial charge in [-0.05, 0) is 38.1 Å². The fraction of sp³-hybridized carbons (Fsp3) is 0.357. The number of hydrogen-bond acceptors (Lipinski definition) is 4. The van der Waals surface area contributed by atoms with Gasteiger partial charge >= 0.3 is 6.03 Å². The maximum atomic E-state index is 12.7. The second-order valence-corrected chi connectivity index (χ2v) is 5.03. The maximum absolute atomic E-state index is 12.7. The summed E-state index contributed by atoms with van der Waals surface area (Å²) in [6, 6.07) is 8.22. The molecule has 1 spiro atoms. The van der Waals surface area contributed by atoms with Gasteiger partial charge in [0, 0.05) is 0 Å². The molecule has 0 radical (unpaired) electrons. The minimum Gasteiger partial charge on any atom is -0.323 e. The Kier molecular flexibility index (Phi) is 2.92. The summed E-state index contributed by atoms with van der Waals surface area (Å²) in [5, 5.41) is 15.1. The van der Waals surface area contributed by atoms with Gasteiger partial charge in [-0.3, -0.25) is 4.79 Å². The van der Waals surface area contributed by atoms with Gasteiger partial charge < -0.3 is 10.6 Å². The van der Waals surface area contributed by atoms with E-state index in [0.717, 1.165) is 4.90 Å². The smallest absolute Gasteiger partial charge is 0.323 e. The van der Waals surface area contributed by atoms with Crippen LogP contribution in [-0.4, -0.2) is 30.6 Å². The molecule has 2 N–H and O–H groups in total. The largest absolute Gasteiger partial charge is 0.329 e. The molecule has 0 atom stereocenters. The van der Waals surface area contributed by atoms with Crippen LogP contribution in [0.15, 0.2) is 24.3 Å². The van der Waals surface area contributed by atoms with Gasteiger partial charge in [0.05, 0.1) is 11.3 Å². The van der Waals surface area contributed by atoms with Gasteiger partial charge in [0.15, 0.2) is 0 Å². The summed E-state index contributed by atoms with van der Waals surface area (Å²) in [6.45, 7) is 1.39. The van der Waals surface area contributed by atoms with Gasteiger partial charge in [0.1, 0.15) is 11.6 Å². The number of anilines is 1. The van der Waals surface area contributed by atoms with Crippen LogP contribution in [0, 0.1) is 11.3 Å². The van der Waals surface area contributed by atoms with E-state index in [0.29, 0.717) is 37.2 Å². The number of amides is 3. The van der Waals surface area contributed by atoms with Crippen molar-refractivity contribution < 1.29 is 9.59 Å². The Morgan fingerprint density at radius 2 is 1.90 bits per heavy atom. The van der Waals surface area contributed by atoms with E-state index < -0.39 is 11.6 Å². The Hall–Kier alpha value is -2.39. The molecular weight excluding hydrogens is 256 g/mol. The molecular formula is C14H14N4O2. The minimum absolute atomic E-state index is 0.258. The molecule has 102 valence electrons. The van der Waals surface area contributed by atoms with Crippen LogP contribution >= 0.6 is 0 Å². The first kappa shape index (κ1) is 12.6. The second kappa shape index (κ2) is 4.62. The Labute approximate surface area is 116 Å². The third kappa shape index (κ3) is 1.75. The zero-order valence-electron chi connectivity index (χ0n) is 10.8. The Morgan fingerprint density at radius 3 is 2.60 bits per heavy atom. The summed E-state index contributed by atoms with van der Waals surface area (Å²) in [4.78, 5) is 26.0. The third-order valence-corrected chi connectivity index (χ3v) is 3.88. The van der Waals surface area contributed by atoms with Crippen molar-refractivity contribution in [1.29, 1.82) is 5.26 Å². The molecule has 20 heavy (non-hydrogen) atoms. The molecule has 0 aliphatic carbocycles. The molecule has 1 aromatic rings. The summed E-state index contributed by atoms with van der Waals surface area (Å²) in [5.74, 6) is -0.258. The number of imide groups is 1. The zero-order valence-corrected chi connectivity index (χ0v) is 10.8. The molecule has 2 heterocycles. The van der Waals surface area contributed by atoms with Gasteiger partial charge in [-0.15, -0.1) is 0 Å². The molecule has 0 aromatic heterocycles. The lowest BCUT2D eigenvalue weighted by Crippen LogP contribution is -2.53. The van der Waals surface area contributed by atoms with Crippen LogP contribution in [0.4, 0.5) is 10.5 Å². The third-order valence-electron chi connectivity index (χ3n) is 3.88. The normalized spacial score (nSPS) is 20.9. The number of urea groups is 1. The highest BCUT2D eigenvalue weighted by Crippen LogP contribution is 2.32. The molecule has 6 heteroatoms. The fourth-order valence-corrected chi connectivity index (χ4v) is 2.79. The first-order chi connectivity index (χ1) is 9.68. The number of rotatable bonds is 1. The predicted molar refractivity (Wildman–Crippen MR) is 72.0 cm³/mol. The van der Waals surface area contributed by atoms with Crippen molar-refractivity contribution in [2.24, 2.45) is 0 Å². The highest BCUT2D eigenvalue weighted by molar-refractivity contribution is 6.23. The molecule has 0 unspecified atom stereocenters. The molecule has 2 fully saturated rings. The van der Waals surface area contributed by atoms with E-state index in [9.17, 15) is 9.59 Å². The Bertz CT molecular complexity index is 614. The van der Waals surface area contributed by atoms with Crippen LogP contribution in [0.3, 0.4) is 0 Å². The van der Waals surface area contributed by atoms with Crippen molar-refractivity contribution >= 4 is 17.6 Å². The number of nitriles is 1. The average Bonchev–Trinajstić information content (AvgIpc) is 2.71. The molecule has 2 aliphatic rings. The molecule has 1 aromatic carbocycles. The first-order valence-corrected chi connectivity index (χ1v) is 6.54. The van der Waals surface area contributed by atoms with Crippen LogP contribution < -0.4 is 15.5 Å². The highest BCUT2D eigenvalue weighted by atomic mass is 16.2. The zero-order chi connectivity index (χ0) is 14.2. The van der Waals surface area contributed by atoms with Crippen LogP contribution in [0.1, 0.15) is 18.4 Å². The van der Waals surface area contributed by atoms with E-state index in [1.54, 1.807) is 24.3 Å². The van der Waals surface area contributed by atoms with Crippen molar-refractivity contribution in [2.75, 3.05) is 18.0 Å². The predicted octanol–water partition coefficient (Wildman–Crippen LogP) is 0.737. The van der Waals surface area contributed by atoms with Crippen LogP contribution in [0.5, 0.6) is 0 Å². The van der Waals surface area contributed by atoms with Gasteiger partial charge in [-0.1, -0.05) is 12.1 Å². The average molecular weight is 270 g/mol. The molecule has 6 nitrogen and oxygen atoms in total. The van der Waals surface area contributed by atoms with E-state index in [-0.39, 0.29) is 5.91 Å². The lowest BCUT2D eigenvalue weighted by atomic mass is 9.88. The summed E-state index contributed by atoms with van der Waals surface area (Å²) in [6.07, 6.45) is 1.14. The van der Waals surface area contributed by atoms with E-state index >= 15 is 0 Å². The van der Waals surface area contributed by atoms with E-state index in [1.807, 2.05) is 6.07 Å². The van der Waals surface area contributed by atoms with Gasteiger partial charge in [-0.25, -0.2) is 9.69 Å². The Balaban J connectivity index is 2.01. The molecule has 2 saturated heterocycles. The summed E-state index contributed by atoms with van der Waals surface area (Å²) in [5.41, 5.74) is -0.139. The standard InChI is InChI=1S/C14H14N4O2/c15-9-10-3-1-2-4-11(10)18-12(19)14(17-13(18)20)5-7-16-8-6-14/h1-4,16H,5-8H2,(H,17,20). The van der Waals surface area contributed by atoms with Crippen molar-refractivity contribution in [2.45, 2.75) is 18.4 Å². The van der Waals surface area contributed by atoms with Gasteiger partial charge in [0.2, 0.25) is 0 Å². The first-order valence-electron chi connectivity index (χ1n) is 6.54. The number of hydrogen-bond donors (Lipinski definition) is 2. The SMILES string of the molecule is N#Cc1ccccc1N1C(=O)NC2(CCNCC2)C1=O. The second-order valence-electron chi connectivity index (χ2n) is 5.03. The molecule has 0 bridgehead atoms. The number of carbonyl (C=O) groups excluding carboxylic acids is 2. The van der Waals surface area contributed by atoms with Gasteiger partial charge in [-0.2, -0.15) is 5.26 Å². The lowest BCUT2D eigenvalue weighted by Gasteiger charge is -2.31. The van der Waals surface area contributed by atoms with Crippen molar-refractivity contribution in [3.63, 3.8) is 0 Å². The monoisotopic (exact) mass is 270 g/mol. The number of piperidine rings is 1. The summed E-state index contributed by atoms with van der Waals surface area (Å²) >= 11 is 0. The van der Waals surface area contributed by atoms with Crippen molar-refractivity contribution in [3.8, 4) is 6.07 Å². The number of carbonyl (C=O) groups is 2. The van der Waals surface area contributed by atoms with Crippen LogP contribution in [0.25, 0.3) is 0 Å². The van der Waals surface area contributed by atoms with E-state index in [4.69, 9.17) is 5.26 Å². The van der Waals surface area contributed by atoms with Crippen LogP contribution in [0.2, 0.25) is 0 Å². The molecule has 0 saturated carbocycles. The van der Waals surface area contributed by atoms with E-state index in [1.165, 1.54) is 0 Å². The highest BCUT2D eigenvalue weighted by Gasteiger charge is 2.52.